The Bertz CT molecular complexity index is 4240. The van der Waals surface area contributed by atoms with Crippen LogP contribution < -0.4 is 0 Å². The molecule has 4 bridgehead atoms. The van der Waals surface area contributed by atoms with Crippen molar-refractivity contribution in [2.75, 3.05) is 20.8 Å². The van der Waals surface area contributed by atoms with Gasteiger partial charge in [-0.15, -0.1) is 0 Å². The van der Waals surface area contributed by atoms with E-state index in [9.17, 15) is 116 Å². The van der Waals surface area contributed by atoms with Gasteiger partial charge < -0.3 is 149 Å². The molecule has 6 heterocycles. The van der Waals surface area contributed by atoms with E-state index in [0.29, 0.717) is 0 Å². The van der Waals surface area contributed by atoms with Gasteiger partial charge in [0.05, 0.1) is 159 Å². The molecule has 0 aromatic rings. The van der Waals surface area contributed by atoms with E-state index in [1.54, 1.807) is 155 Å². The maximum atomic E-state index is 13.6. The third-order valence-corrected chi connectivity index (χ3v) is 25.3. The number of carbonyl (C=O) groups is 4. The minimum Gasteiger partial charge on any atom is -0.481 e. The fourth-order valence-corrected chi connectivity index (χ4v) is 16.8. The number of aliphatic hydroxyl groups is 18. The van der Waals surface area contributed by atoms with Gasteiger partial charge in [0, 0.05) is 99.1 Å². The van der Waals surface area contributed by atoms with Crippen molar-refractivity contribution in [1.82, 2.24) is 0 Å². The molecule has 0 aliphatic carbocycles. The number of carbonyl (C=O) groups excluding carboxylic acids is 3. The summed E-state index contributed by atoms with van der Waals surface area (Å²) in [5, 5.41) is 214. The van der Waals surface area contributed by atoms with Crippen LogP contribution in [0.25, 0.3) is 20.9 Å². The molecule has 6 aliphatic heterocycles. The molecule has 0 amide bonds. The van der Waals surface area contributed by atoms with Gasteiger partial charge in [0.2, 0.25) is 0 Å². The number of fused-ring (bicyclic) bond motifs is 4. The van der Waals surface area contributed by atoms with Crippen LogP contribution in [0.5, 0.6) is 0 Å². The first-order chi connectivity index (χ1) is 66.0. The Hall–Kier alpha value is -8.44. The fraction of sp³-hybridized carbons (Fsp3) is 0.657. The molecule has 4 unspecified atom stereocenters. The highest BCUT2D eigenvalue weighted by molar-refractivity contribution is 5.74. The van der Waals surface area contributed by atoms with Crippen LogP contribution in [-0.2, 0) is 71.3 Å². The summed E-state index contributed by atoms with van der Waals surface area (Å²) in [6, 6.07) is -2.70. The Labute approximate surface area is 811 Å². The standard InChI is InChI=1S/C51H77N3O17.C48H73N3O17/c1-7-24-67-49(65)44-41(60)30-51(66-6)29-37(57)26-40(59)39(58)23-22-35(55)25-36(56)27-43(61)68-33(4)32(3)46(62)31(2)20-18-16-14-12-10-8-9-11-13-15-17-19-21-38(28-42(44)71-51)70-50-48(64)45(53-54-52)47(63)34(5)69-50;1-28-18-16-14-12-10-8-6-7-9-11-13-15-17-19-35(67-47-45(61)42(50-51-49)44(60)31(4)66-47)25-39-41(46(62)63)38(57)27-48(64-5,68-39)26-34(54)23-37(56)36(55)21-20-32(52)22-33(53)24-40(58)65-30(3)29(2)43(28)59/h7-21,31-42,44-48,50,55-60,62-64H,1,22-30H2,2-6H3;6-19,28-39,41-45,47,52-57,59-61H,20-27H2,1-5H3,(H,62,63)/b9-8+,12-10+,13-11+,16-14+,17-15+,20-18+,21-19+;7-6+,10-8+,11-9+,14-12+,15-13+,18-16+,19-17+/t31-,32-,33-,34+,35+,36+,37-,38-,39+,40+,41-,42?,44+,45-,46+,47+,48?,50-,51+;28-,29-,30-,31+,32+,33+,34-,35-,36+,37+,38-,39?,41+,42-,43+,44+,45?,47-,48+/m00/s1. The number of carboxylic acid groups (broad SMARTS) is 1. The van der Waals surface area contributed by atoms with Gasteiger partial charge >= 0.3 is 23.9 Å². The summed E-state index contributed by atoms with van der Waals surface area (Å²) in [6.45, 7) is 16.8. The molecule has 4 fully saturated rings. The van der Waals surface area contributed by atoms with Gasteiger partial charge in [-0.05, 0) is 77.3 Å². The Morgan fingerprint density at radius 1 is 0.403 bits per heavy atom. The smallest absolute Gasteiger partial charge is 0.314 e. The number of aliphatic hydroxyl groups excluding tert-OH is 18. The van der Waals surface area contributed by atoms with E-state index in [1.165, 1.54) is 40.2 Å². The Morgan fingerprint density at radius 2 is 0.727 bits per heavy atom. The Kier molecular flexibility index (Phi) is 54.7. The number of carboxylic acids is 1. The van der Waals surface area contributed by atoms with Crippen LogP contribution in [-0.4, -0.2) is 337 Å². The fourth-order valence-electron chi connectivity index (χ4n) is 16.8. The van der Waals surface area contributed by atoms with Crippen LogP contribution in [0.15, 0.2) is 193 Å². The molecule has 40 heteroatoms. The first-order valence-electron chi connectivity index (χ1n) is 47.1. The normalized spacial score (nSPS) is 43.1. The summed E-state index contributed by atoms with van der Waals surface area (Å²) in [4.78, 5) is 57.0. The molecule has 780 valence electrons. The minimum absolute atomic E-state index is 0.0882. The lowest BCUT2D eigenvalue weighted by Gasteiger charge is -2.47. The molecule has 0 saturated carbocycles. The van der Waals surface area contributed by atoms with E-state index in [2.05, 4.69) is 26.6 Å². The van der Waals surface area contributed by atoms with E-state index >= 15 is 0 Å². The highest BCUT2D eigenvalue weighted by Crippen LogP contribution is 2.43. The largest absolute Gasteiger partial charge is 0.481 e. The Morgan fingerprint density at radius 3 is 1.05 bits per heavy atom. The zero-order valence-electron chi connectivity index (χ0n) is 80.6. The molecule has 0 spiro atoms. The topological polar surface area (TPSA) is 652 Å². The third kappa shape index (κ3) is 41.4. The van der Waals surface area contributed by atoms with Gasteiger partial charge in [0.1, 0.15) is 42.9 Å². The summed E-state index contributed by atoms with van der Waals surface area (Å²) in [6.07, 6.45) is 9.68. The van der Waals surface area contributed by atoms with Crippen molar-refractivity contribution in [1.29, 1.82) is 0 Å². The van der Waals surface area contributed by atoms with E-state index in [1.807, 2.05) is 50.3 Å². The van der Waals surface area contributed by atoms with Gasteiger partial charge in [0.25, 0.3) is 0 Å². The summed E-state index contributed by atoms with van der Waals surface area (Å²) in [7, 11) is 2.49. The summed E-state index contributed by atoms with van der Waals surface area (Å²) in [5.74, 6) is -11.7. The quantitative estimate of drug-likeness (QED) is 0.0263. The number of esters is 3. The van der Waals surface area contributed by atoms with Crippen LogP contribution in [0.4, 0.5) is 0 Å². The summed E-state index contributed by atoms with van der Waals surface area (Å²) < 4.78 is 64.5. The molecule has 139 heavy (non-hydrogen) atoms. The number of hydrogen-bond acceptors (Lipinski definition) is 35. The van der Waals surface area contributed by atoms with Gasteiger partial charge in [0.15, 0.2) is 24.2 Å². The van der Waals surface area contributed by atoms with Crippen molar-refractivity contribution < 1.29 is 168 Å². The molecule has 0 radical (unpaired) electrons. The maximum Gasteiger partial charge on any atom is 0.314 e. The van der Waals surface area contributed by atoms with Crippen molar-refractivity contribution in [3.05, 3.63) is 204 Å². The van der Waals surface area contributed by atoms with Gasteiger partial charge in [-0.25, -0.2) is 0 Å². The van der Waals surface area contributed by atoms with Crippen molar-refractivity contribution in [2.24, 2.45) is 45.7 Å². The van der Waals surface area contributed by atoms with Gasteiger partial charge in [-0.2, -0.15) is 0 Å². The highest BCUT2D eigenvalue weighted by atomic mass is 16.7. The van der Waals surface area contributed by atoms with Crippen molar-refractivity contribution in [3.63, 3.8) is 0 Å². The molecule has 0 aromatic heterocycles. The third-order valence-electron chi connectivity index (χ3n) is 25.3. The summed E-state index contributed by atoms with van der Waals surface area (Å²) in [5.41, 5.74) is 18.3. The number of allylic oxidation sites excluding steroid dienone is 24. The molecular weight excluding hydrogens is 1820 g/mol. The lowest BCUT2D eigenvalue weighted by atomic mass is 9.82. The van der Waals surface area contributed by atoms with Crippen LogP contribution in [0.3, 0.4) is 0 Å². The molecule has 40 nitrogen and oxygen atoms in total. The number of hydrogen-bond donors (Lipinski definition) is 19. The van der Waals surface area contributed by atoms with E-state index in [4.69, 9.17) is 63.2 Å². The SMILES string of the molecule is C=CCOC(=O)[C@H]1C2C[C@@H](O[C@@H]3O[C@H](C)[C@@H](O)[C@H](N=[N+]=[N-])C3O)/C=C/C=C/C=C/C=C/C=C/C=C/C=C/[C@H](C)[C@@H](O)[C@@H](C)[C@H](C)OC(=O)C[C@H](O)C[C@H](O)CC[C@@H](O)[C@H](O)C[C@H](O)C[C@](OC)(C[C@@H]1O)O2.CO[C@]12C[C@@H](O)C[C@@H](O)[C@H](O)CC[C@@H](O)C[C@@H](O)CC(=O)O[C@@H](C)[C@H](C)[C@H](O)[C@@H](C)/C=C/C=C/C=C/C=C/C=C/C=C/C=C/[C@H](O[C@@H]3O[C@H](C)[C@@H](O)[C@H](N=[N+]=[N-])C3O)CC(O1)[C@H](C(=O)O)[C@@H](O)C2. The number of aliphatic carboxylic acids is 1. The molecule has 4 saturated heterocycles. The minimum atomic E-state index is -1.82. The first kappa shape index (κ1) is 121. The lowest BCUT2D eigenvalue weighted by molar-refractivity contribution is -0.318. The molecular formula is C99H150N6O34. The number of azide groups is 2. The number of nitrogens with zero attached hydrogens (tertiary/aromatic N) is 6. The zero-order valence-corrected chi connectivity index (χ0v) is 80.6. The average molecular weight is 1970 g/mol. The second kappa shape index (κ2) is 62.9. The number of ether oxygens (including phenoxy) is 11. The number of cyclic esters (lactones) is 2. The predicted octanol–water partition coefficient (Wildman–Crippen LogP) is 6.08. The van der Waals surface area contributed by atoms with Crippen molar-refractivity contribution in [2.45, 2.75) is 353 Å². The van der Waals surface area contributed by atoms with Crippen molar-refractivity contribution >= 4 is 23.9 Å². The molecule has 6 aliphatic rings. The first-order valence-corrected chi connectivity index (χ1v) is 47.1. The maximum absolute atomic E-state index is 13.6. The van der Waals surface area contributed by atoms with Crippen molar-refractivity contribution in [3.8, 4) is 0 Å². The molecule has 38 atom stereocenters. The molecule has 0 aromatic carbocycles. The number of rotatable bonds is 12. The van der Waals surface area contributed by atoms with Gasteiger partial charge in [-0.1, -0.05) is 221 Å². The van der Waals surface area contributed by atoms with E-state index in [0.717, 1.165) is 0 Å². The van der Waals surface area contributed by atoms with Crippen LogP contribution in [0.2, 0.25) is 0 Å². The summed E-state index contributed by atoms with van der Waals surface area (Å²) >= 11 is 0. The predicted molar refractivity (Wildman–Crippen MR) is 507 cm³/mol. The van der Waals surface area contributed by atoms with Gasteiger partial charge in [-0.3, -0.25) is 19.2 Å². The highest BCUT2D eigenvalue weighted by Gasteiger charge is 2.55. The van der Waals surface area contributed by atoms with Crippen LogP contribution in [0.1, 0.15) is 158 Å². The van der Waals surface area contributed by atoms with Crippen LogP contribution in [0, 0.1) is 35.5 Å². The average Bonchev–Trinajstić information content (AvgIpc) is 0.776. The second-order valence-electron chi connectivity index (χ2n) is 36.3. The molecule has 6 rings (SSSR count). The van der Waals surface area contributed by atoms with E-state index in [-0.39, 0.29) is 82.7 Å². The molecule has 19 N–H and O–H groups in total. The Balaban J connectivity index is 0.000000491. The monoisotopic (exact) mass is 1970 g/mol. The lowest BCUT2D eigenvalue weighted by Crippen LogP contribution is -2.58. The van der Waals surface area contributed by atoms with Crippen LogP contribution >= 0.6 is 0 Å². The number of methoxy groups -OCH3 is 2. The van der Waals surface area contributed by atoms with E-state index < -0.39 is 281 Å². The zero-order chi connectivity index (χ0) is 103. The second-order valence-corrected chi connectivity index (χ2v) is 36.3.